The van der Waals surface area contributed by atoms with Crippen LogP contribution >= 0.6 is 0 Å². The van der Waals surface area contributed by atoms with Gasteiger partial charge in [0.15, 0.2) is 0 Å². The van der Waals surface area contributed by atoms with Crippen LogP contribution in [0.4, 0.5) is 10.5 Å². The molecule has 1 aliphatic heterocycles. The number of hydrogen-bond acceptors (Lipinski definition) is 3. The molecule has 0 radical (unpaired) electrons. The molecule has 2 amide bonds. The topological polar surface area (TPSA) is 68.2 Å². The van der Waals surface area contributed by atoms with Gasteiger partial charge in [-0.15, -0.1) is 0 Å². The highest BCUT2D eigenvalue weighted by Gasteiger charge is 2.59. The number of aryl methyl sites for hydroxylation is 1. The number of nitrogens with zero attached hydrogens (tertiary/aromatic N) is 2. The summed E-state index contributed by atoms with van der Waals surface area (Å²) in [6.07, 6.45) is 3.15. The van der Waals surface area contributed by atoms with E-state index in [1.54, 1.807) is 0 Å². The van der Waals surface area contributed by atoms with Crippen molar-refractivity contribution in [3.05, 3.63) is 24.4 Å². The van der Waals surface area contributed by atoms with E-state index in [4.69, 9.17) is 4.74 Å². The first kappa shape index (κ1) is 15.4. The highest BCUT2D eigenvalue weighted by molar-refractivity contribution is 5.92. The van der Waals surface area contributed by atoms with E-state index in [1.807, 2.05) is 29.1 Å². The van der Waals surface area contributed by atoms with Gasteiger partial charge in [-0.2, -0.15) is 5.10 Å². The third-order valence-corrected chi connectivity index (χ3v) is 5.59. The van der Waals surface area contributed by atoms with Gasteiger partial charge < -0.3 is 15.4 Å². The molecule has 0 unspecified atom stereocenters. The van der Waals surface area contributed by atoms with Gasteiger partial charge in [0.25, 0.3) is 0 Å². The van der Waals surface area contributed by atoms with Crippen molar-refractivity contribution in [2.45, 2.75) is 45.9 Å². The molecule has 0 bridgehead atoms. The Labute approximate surface area is 141 Å². The SMILES string of the molecule is CCn1ncc2ccc(NC(=O)N[C@@H]3[C@H]4CCO[C@H]4C3(C)C)cc21. The summed E-state index contributed by atoms with van der Waals surface area (Å²) < 4.78 is 7.71. The summed E-state index contributed by atoms with van der Waals surface area (Å²) >= 11 is 0. The van der Waals surface area contributed by atoms with Crippen LogP contribution < -0.4 is 10.6 Å². The molecule has 2 aliphatic rings. The minimum Gasteiger partial charge on any atom is -0.377 e. The average molecular weight is 328 g/mol. The predicted molar refractivity (Wildman–Crippen MR) is 93.0 cm³/mol. The van der Waals surface area contributed by atoms with Gasteiger partial charge in [0.05, 0.1) is 17.8 Å². The second-order valence-corrected chi connectivity index (χ2v) is 7.38. The van der Waals surface area contributed by atoms with Crippen LogP contribution in [-0.2, 0) is 11.3 Å². The first-order valence-corrected chi connectivity index (χ1v) is 8.65. The van der Waals surface area contributed by atoms with E-state index in [1.165, 1.54) is 0 Å². The van der Waals surface area contributed by atoms with Crippen LogP contribution in [0.3, 0.4) is 0 Å². The molecule has 2 aromatic rings. The van der Waals surface area contributed by atoms with E-state index < -0.39 is 0 Å². The maximum atomic E-state index is 12.4. The number of rotatable bonds is 3. The van der Waals surface area contributed by atoms with Gasteiger partial charge >= 0.3 is 6.03 Å². The molecule has 6 heteroatoms. The predicted octanol–water partition coefficient (Wildman–Crippen LogP) is 2.99. The van der Waals surface area contributed by atoms with Gasteiger partial charge in [0, 0.05) is 41.6 Å². The molecule has 4 rings (SSSR count). The number of hydrogen-bond donors (Lipinski definition) is 2. The van der Waals surface area contributed by atoms with Crippen molar-refractivity contribution >= 4 is 22.6 Å². The van der Waals surface area contributed by atoms with Gasteiger partial charge in [0.2, 0.25) is 0 Å². The minimum atomic E-state index is -0.152. The highest BCUT2D eigenvalue weighted by Crippen LogP contribution is 2.52. The summed E-state index contributed by atoms with van der Waals surface area (Å²) in [6, 6.07) is 5.88. The van der Waals surface area contributed by atoms with Gasteiger partial charge in [-0.25, -0.2) is 4.79 Å². The van der Waals surface area contributed by atoms with E-state index in [2.05, 4.69) is 36.5 Å². The van der Waals surface area contributed by atoms with Crippen LogP contribution in [0.25, 0.3) is 10.9 Å². The van der Waals surface area contributed by atoms with Crippen LogP contribution in [0.1, 0.15) is 27.2 Å². The highest BCUT2D eigenvalue weighted by atomic mass is 16.5. The normalized spacial score (nSPS) is 27.5. The van der Waals surface area contributed by atoms with E-state index in [0.717, 1.165) is 36.2 Å². The number of amides is 2. The van der Waals surface area contributed by atoms with Crippen LogP contribution in [-0.4, -0.2) is 34.6 Å². The third kappa shape index (κ3) is 2.28. The molecule has 1 saturated heterocycles. The number of nitrogens with one attached hydrogen (secondary N) is 2. The van der Waals surface area contributed by atoms with E-state index in [0.29, 0.717) is 5.92 Å². The Bertz CT molecular complexity index is 782. The summed E-state index contributed by atoms with van der Waals surface area (Å²) in [7, 11) is 0. The molecule has 3 atom stereocenters. The molecule has 2 fully saturated rings. The van der Waals surface area contributed by atoms with Crippen molar-refractivity contribution in [1.82, 2.24) is 15.1 Å². The monoisotopic (exact) mass is 328 g/mol. The smallest absolute Gasteiger partial charge is 0.319 e. The summed E-state index contributed by atoms with van der Waals surface area (Å²) in [4.78, 5) is 12.4. The lowest BCUT2D eigenvalue weighted by atomic mass is 9.57. The number of urea groups is 1. The van der Waals surface area contributed by atoms with Crippen molar-refractivity contribution in [3.8, 4) is 0 Å². The Hall–Kier alpha value is -2.08. The Morgan fingerprint density at radius 3 is 3.08 bits per heavy atom. The number of ether oxygens (including phenoxy) is 1. The lowest BCUT2D eigenvalue weighted by Gasteiger charge is -2.54. The molecule has 2 heterocycles. The standard InChI is InChI=1S/C18H24N4O2/c1-4-22-14-9-12(6-5-11(14)10-19-22)20-17(23)21-15-13-7-8-24-16(13)18(15,2)3/h5-6,9-10,13,15-16H,4,7-8H2,1-3H3,(H2,20,21,23)/t13-,15-,16-/m1/s1. The zero-order valence-corrected chi connectivity index (χ0v) is 14.4. The zero-order valence-electron chi connectivity index (χ0n) is 14.4. The minimum absolute atomic E-state index is 0.0106. The Kier molecular flexibility index (Phi) is 3.53. The molecule has 2 N–H and O–H groups in total. The number of anilines is 1. The van der Waals surface area contributed by atoms with Crippen LogP contribution in [0.15, 0.2) is 24.4 Å². The van der Waals surface area contributed by atoms with Gasteiger partial charge in [0.1, 0.15) is 0 Å². The molecule has 0 spiro atoms. The maximum Gasteiger partial charge on any atom is 0.319 e. The Balaban J connectivity index is 1.46. The number of fused-ring (bicyclic) bond motifs is 2. The lowest BCUT2D eigenvalue weighted by molar-refractivity contribution is -0.107. The quantitative estimate of drug-likeness (QED) is 0.910. The molecule has 1 saturated carbocycles. The molecular weight excluding hydrogens is 304 g/mol. The Morgan fingerprint density at radius 1 is 1.46 bits per heavy atom. The molecule has 24 heavy (non-hydrogen) atoms. The molecule has 1 aliphatic carbocycles. The second kappa shape index (κ2) is 5.48. The van der Waals surface area contributed by atoms with Crippen LogP contribution in [0.2, 0.25) is 0 Å². The first-order chi connectivity index (χ1) is 11.5. The third-order valence-electron chi connectivity index (χ3n) is 5.59. The number of aromatic nitrogens is 2. The summed E-state index contributed by atoms with van der Waals surface area (Å²) in [5.74, 6) is 0.440. The van der Waals surface area contributed by atoms with Crippen LogP contribution in [0.5, 0.6) is 0 Å². The van der Waals surface area contributed by atoms with E-state index in [9.17, 15) is 4.79 Å². The molecule has 1 aromatic heterocycles. The molecular formula is C18H24N4O2. The summed E-state index contributed by atoms with van der Waals surface area (Å²) in [5, 5.41) is 11.5. The first-order valence-electron chi connectivity index (χ1n) is 8.65. The largest absolute Gasteiger partial charge is 0.377 e. The van der Waals surface area contributed by atoms with Gasteiger partial charge in [-0.05, 0) is 31.5 Å². The number of benzene rings is 1. The maximum absolute atomic E-state index is 12.4. The fourth-order valence-electron chi connectivity index (χ4n) is 4.33. The van der Waals surface area contributed by atoms with Crippen molar-refractivity contribution in [1.29, 1.82) is 0 Å². The van der Waals surface area contributed by atoms with Crippen molar-refractivity contribution in [3.63, 3.8) is 0 Å². The van der Waals surface area contributed by atoms with E-state index in [-0.39, 0.29) is 23.6 Å². The Morgan fingerprint density at radius 2 is 2.29 bits per heavy atom. The second-order valence-electron chi connectivity index (χ2n) is 7.38. The molecule has 128 valence electrons. The summed E-state index contributed by atoms with van der Waals surface area (Å²) in [5.41, 5.74) is 1.80. The average Bonchev–Trinajstić information content (AvgIpc) is 3.17. The van der Waals surface area contributed by atoms with Gasteiger partial charge in [-0.1, -0.05) is 13.8 Å². The molecule has 1 aromatic carbocycles. The van der Waals surface area contributed by atoms with Crippen molar-refractivity contribution < 1.29 is 9.53 Å². The fourth-order valence-corrected chi connectivity index (χ4v) is 4.33. The van der Waals surface area contributed by atoms with Crippen LogP contribution in [0, 0.1) is 11.3 Å². The van der Waals surface area contributed by atoms with Crippen molar-refractivity contribution in [2.24, 2.45) is 11.3 Å². The van der Waals surface area contributed by atoms with Gasteiger partial charge in [-0.3, -0.25) is 4.68 Å². The number of carbonyl (C=O) groups excluding carboxylic acids is 1. The fraction of sp³-hybridized carbons (Fsp3) is 0.556. The van der Waals surface area contributed by atoms with Crippen molar-refractivity contribution in [2.75, 3.05) is 11.9 Å². The lowest BCUT2D eigenvalue weighted by Crippen LogP contribution is -2.67. The summed E-state index contributed by atoms with van der Waals surface area (Å²) in [6.45, 7) is 7.99. The zero-order chi connectivity index (χ0) is 16.9. The van der Waals surface area contributed by atoms with E-state index >= 15 is 0 Å². The number of carbonyl (C=O) groups is 1. The molecule has 6 nitrogen and oxygen atoms in total.